The predicted octanol–water partition coefficient (Wildman–Crippen LogP) is 5.48. The standard InChI is InChI=1S/C18H22Cl2N4S/c1-18(2,3)15-14-13(7-8-21-15)23-17(25-4)24-16(14)22-12-6-5-10(19)9-11(12)20/h5-6,9,15,21H,7-8H2,1-4H3,(H,22,23,24). The van der Waals surface area contributed by atoms with Crippen LogP contribution in [0.3, 0.4) is 0 Å². The van der Waals surface area contributed by atoms with E-state index in [1.807, 2.05) is 18.4 Å². The molecule has 25 heavy (non-hydrogen) atoms. The zero-order valence-electron chi connectivity index (χ0n) is 14.8. The maximum atomic E-state index is 6.35. The number of rotatable bonds is 3. The van der Waals surface area contributed by atoms with Crippen LogP contribution in [0, 0.1) is 5.41 Å². The highest BCUT2D eigenvalue weighted by molar-refractivity contribution is 7.98. The van der Waals surface area contributed by atoms with Crippen molar-refractivity contribution in [2.75, 3.05) is 18.1 Å². The van der Waals surface area contributed by atoms with E-state index < -0.39 is 0 Å². The van der Waals surface area contributed by atoms with Crippen LogP contribution in [0.25, 0.3) is 0 Å². The molecule has 4 nitrogen and oxygen atoms in total. The Labute approximate surface area is 163 Å². The minimum atomic E-state index is 0.0413. The average Bonchev–Trinajstić information content (AvgIpc) is 2.55. The van der Waals surface area contributed by atoms with Crippen LogP contribution in [-0.2, 0) is 6.42 Å². The van der Waals surface area contributed by atoms with Crippen LogP contribution in [0.5, 0.6) is 0 Å². The van der Waals surface area contributed by atoms with Crippen molar-refractivity contribution in [3.8, 4) is 0 Å². The average molecular weight is 397 g/mol. The predicted molar refractivity (Wildman–Crippen MR) is 107 cm³/mol. The van der Waals surface area contributed by atoms with Gasteiger partial charge in [0.2, 0.25) is 0 Å². The first kappa shape index (κ1) is 18.8. The summed E-state index contributed by atoms with van der Waals surface area (Å²) in [5, 5.41) is 8.98. The third-order valence-electron chi connectivity index (χ3n) is 4.24. The number of aromatic nitrogens is 2. The summed E-state index contributed by atoms with van der Waals surface area (Å²) in [6.07, 6.45) is 2.88. The molecule has 0 saturated carbocycles. The Kier molecular flexibility index (Phi) is 5.49. The number of anilines is 2. The number of hydrogen-bond donors (Lipinski definition) is 2. The van der Waals surface area contributed by atoms with Crippen LogP contribution < -0.4 is 10.6 Å². The zero-order chi connectivity index (χ0) is 18.2. The second-order valence-corrected chi connectivity index (χ2v) is 8.79. The van der Waals surface area contributed by atoms with Gasteiger partial charge >= 0.3 is 0 Å². The molecule has 1 aromatic carbocycles. The molecular formula is C18H22Cl2N4S. The highest BCUT2D eigenvalue weighted by Gasteiger charge is 2.34. The summed E-state index contributed by atoms with van der Waals surface area (Å²) in [7, 11) is 0. The Balaban J connectivity index is 2.11. The van der Waals surface area contributed by atoms with Gasteiger partial charge in [0, 0.05) is 29.6 Å². The van der Waals surface area contributed by atoms with E-state index in [1.165, 1.54) is 0 Å². The van der Waals surface area contributed by atoms with Crippen molar-refractivity contribution in [3.05, 3.63) is 39.5 Å². The highest BCUT2D eigenvalue weighted by Crippen LogP contribution is 2.41. The van der Waals surface area contributed by atoms with E-state index in [2.05, 4.69) is 31.4 Å². The maximum absolute atomic E-state index is 6.35. The minimum absolute atomic E-state index is 0.0413. The van der Waals surface area contributed by atoms with Gasteiger partial charge in [0.25, 0.3) is 0 Å². The Morgan fingerprint density at radius 1 is 1.24 bits per heavy atom. The molecule has 1 aliphatic rings. The number of nitrogens with one attached hydrogen (secondary N) is 2. The molecule has 134 valence electrons. The Morgan fingerprint density at radius 2 is 2.00 bits per heavy atom. The molecule has 2 aromatic rings. The van der Waals surface area contributed by atoms with Crippen molar-refractivity contribution >= 4 is 46.5 Å². The molecule has 1 atom stereocenters. The van der Waals surface area contributed by atoms with Crippen molar-refractivity contribution in [1.29, 1.82) is 0 Å². The first-order valence-electron chi connectivity index (χ1n) is 8.20. The fourth-order valence-corrected chi connectivity index (χ4v) is 3.91. The van der Waals surface area contributed by atoms with Crippen LogP contribution >= 0.6 is 35.0 Å². The van der Waals surface area contributed by atoms with Crippen LogP contribution in [0.2, 0.25) is 10.0 Å². The molecule has 0 radical (unpaired) electrons. The number of nitrogens with zero attached hydrogens (tertiary/aromatic N) is 2. The molecule has 1 aromatic heterocycles. The minimum Gasteiger partial charge on any atom is -0.339 e. The van der Waals surface area contributed by atoms with Gasteiger partial charge in [-0.1, -0.05) is 55.7 Å². The summed E-state index contributed by atoms with van der Waals surface area (Å²) in [6, 6.07) is 5.59. The smallest absolute Gasteiger partial charge is 0.189 e. The second-order valence-electron chi connectivity index (χ2n) is 7.17. The van der Waals surface area contributed by atoms with Gasteiger partial charge in [-0.2, -0.15) is 0 Å². The fourth-order valence-electron chi connectivity index (χ4n) is 3.07. The summed E-state index contributed by atoms with van der Waals surface area (Å²) in [4.78, 5) is 9.49. The molecule has 1 unspecified atom stereocenters. The molecule has 7 heteroatoms. The summed E-state index contributed by atoms with van der Waals surface area (Å²) >= 11 is 13.9. The van der Waals surface area contributed by atoms with E-state index in [0.29, 0.717) is 10.0 Å². The molecule has 0 aliphatic carbocycles. The zero-order valence-corrected chi connectivity index (χ0v) is 17.1. The van der Waals surface area contributed by atoms with Gasteiger partial charge in [-0.25, -0.2) is 9.97 Å². The van der Waals surface area contributed by atoms with Crippen LogP contribution in [0.1, 0.15) is 38.1 Å². The highest BCUT2D eigenvalue weighted by atomic mass is 35.5. The SMILES string of the molecule is CSc1nc2c(c(Nc3ccc(Cl)cc3Cl)n1)C(C(C)(C)C)NCC2. The van der Waals surface area contributed by atoms with Gasteiger partial charge in [-0.3, -0.25) is 0 Å². The summed E-state index contributed by atoms with van der Waals surface area (Å²) in [6.45, 7) is 7.59. The largest absolute Gasteiger partial charge is 0.339 e. The maximum Gasteiger partial charge on any atom is 0.189 e. The molecule has 0 bridgehead atoms. The summed E-state index contributed by atoms with van der Waals surface area (Å²) in [5.74, 6) is 0.811. The van der Waals surface area contributed by atoms with Crippen molar-refractivity contribution in [2.24, 2.45) is 5.41 Å². The van der Waals surface area contributed by atoms with Gasteiger partial charge < -0.3 is 10.6 Å². The van der Waals surface area contributed by atoms with Crippen molar-refractivity contribution in [2.45, 2.75) is 38.4 Å². The van der Waals surface area contributed by atoms with E-state index in [1.54, 1.807) is 17.8 Å². The van der Waals surface area contributed by atoms with E-state index in [9.17, 15) is 0 Å². The van der Waals surface area contributed by atoms with Gasteiger partial charge in [0.05, 0.1) is 16.4 Å². The van der Waals surface area contributed by atoms with Gasteiger partial charge in [-0.15, -0.1) is 0 Å². The first-order chi connectivity index (χ1) is 11.8. The molecule has 2 heterocycles. The lowest BCUT2D eigenvalue weighted by atomic mass is 9.79. The summed E-state index contributed by atoms with van der Waals surface area (Å²) < 4.78 is 0. The molecule has 1 aliphatic heterocycles. The van der Waals surface area contributed by atoms with Crippen molar-refractivity contribution < 1.29 is 0 Å². The topological polar surface area (TPSA) is 49.8 Å². The van der Waals surface area contributed by atoms with E-state index in [0.717, 1.165) is 40.9 Å². The summed E-state index contributed by atoms with van der Waals surface area (Å²) in [5.41, 5.74) is 3.06. The normalized spacial score (nSPS) is 17.3. The second kappa shape index (κ2) is 7.31. The van der Waals surface area contributed by atoms with Gasteiger partial charge in [-0.05, 0) is 29.9 Å². The van der Waals surface area contributed by atoms with Crippen LogP contribution in [-0.4, -0.2) is 22.8 Å². The molecular weight excluding hydrogens is 375 g/mol. The lowest BCUT2D eigenvalue weighted by molar-refractivity contribution is 0.261. The number of thioether (sulfide) groups is 1. The fraction of sp³-hybridized carbons (Fsp3) is 0.444. The number of hydrogen-bond acceptors (Lipinski definition) is 5. The molecule has 0 amide bonds. The molecule has 0 fully saturated rings. The number of halogens is 2. The lowest BCUT2D eigenvalue weighted by Crippen LogP contribution is -2.39. The monoisotopic (exact) mass is 396 g/mol. The van der Waals surface area contributed by atoms with Crippen LogP contribution in [0.15, 0.2) is 23.4 Å². The Morgan fingerprint density at radius 3 is 2.64 bits per heavy atom. The third-order valence-corrected chi connectivity index (χ3v) is 5.33. The number of fused-ring (bicyclic) bond motifs is 1. The quantitative estimate of drug-likeness (QED) is 0.530. The molecule has 0 saturated heterocycles. The molecule has 0 spiro atoms. The van der Waals surface area contributed by atoms with Gasteiger partial charge in [0.1, 0.15) is 5.82 Å². The van der Waals surface area contributed by atoms with E-state index in [4.69, 9.17) is 33.2 Å². The van der Waals surface area contributed by atoms with Crippen LogP contribution in [0.4, 0.5) is 11.5 Å². The molecule has 3 rings (SSSR count). The van der Waals surface area contributed by atoms with E-state index in [-0.39, 0.29) is 11.5 Å². The Hall–Kier alpha value is -1.01. The van der Waals surface area contributed by atoms with E-state index >= 15 is 0 Å². The van der Waals surface area contributed by atoms with Gasteiger partial charge in [0.15, 0.2) is 5.16 Å². The number of benzene rings is 1. The lowest BCUT2D eigenvalue weighted by Gasteiger charge is -2.37. The van der Waals surface area contributed by atoms with Crippen molar-refractivity contribution in [3.63, 3.8) is 0 Å². The molecule has 2 N–H and O–H groups in total. The first-order valence-corrected chi connectivity index (χ1v) is 10.2. The Bertz CT molecular complexity index is 789. The van der Waals surface area contributed by atoms with Crippen molar-refractivity contribution in [1.82, 2.24) is 15.3 Å². The third kappa shape index (κ3) is 4.05.